The molecule has 7 rings (SSSR count). The fourth-order valence-electron chi connectivity index (χ4n) is 8.60. The minimum atomic E-state index is -4.57. The molecule has 0 aromatic heterocycles. The maximum Gasteiger partial charge on any atom is 0.339 e. The Balaban J connectivity index is 1.28. The fourth-order valence-corrected chi connectivity index (χ4v) is 10.5. The molecule has 10 nitrogen and oxygen atoms in total. The number of hydrogen-bond acceptors (Lipinski definition) is 9. The number of rotatable bonds is 3. The van der Waals surface area contributed by atoms with Gasteiger partial charge in [0.2, 0.25) is 10.0 Å². The van der Waals surface area contributed by atoms with E-state index in [1.165, 1.54) is 18.2 Å². The van der Waals surface area contributed by atoms with Crippen LogP contribution < -0.4 is 14.4 Å². The summed E-state index contributed by atoms with van der Waals surface area (Å²) in [6.45, 7) is 3.35. The Morgan fingerprint density at radius 2 is 1.94 bits per heavy atom. The molecule has 54 heavy (non-hydrogen) atoms. The van der Waals surface area contributed by atoms with Crippen molar-refractivity contribution in [2.45, 2.75) is 68.3 Å². The van der Waals surface area contributed by atoms with Crippen molar-refractivity contribution in [1.29, 1.82) is 0 Å². The zero-order chi connectivity index (χ0) is 38.0. The first-order valence-corrected chi connectivity index (χ1v) is 20.4. The van der Waals surface area contributed by atoms with Crippen LogP contribution in [0.5, 0.6) is 5.75 Å². The number of hydrogen-bond donors (Lipinski definition) is 2. The normalized spacial score (nSPS) is 28.6. The molecule has 2 N–H and O–H groups in total. The van der Waals surface area contributed by atoms with Crippen LogP contribution in [0.1, 0.15) is 70.9 Å². The average molecular weight is 773 g/mol. The lowest BCUT2D eigenvalue weighted by Crippen LogP contribution is -2.49. The number of carbonyl (C=O) groups is 2. The van der Waals surface area contributed by atoms with Crippen LogP contribution in [-0.4, -0.2) is 69.7 Å². The van der Waals surface area contributed by atoms with Crippen molar-refractivity contribution < 1.29 is 37.3 Å². The van der Waals surface area contributed by atoms with Gasteiger partial charge in [-0.2, -0.15) is 0 Å². The highest BCUT2D eigenvalue weighted by atomic mass is 35.5. The summed E-state index contributed by atoms with van der Waals surface area (Å²) in [6, 6.07) is 19.2. The summed E-state index contributed by atoms with van der Waals surface area (Å²) in [5.74, 6) is 1.08. The second kappa shape index (κ2) is 15.7. The Morgan fingerprint density at radius 3 is 2.70 bits per heavy atom. The van der Waals surface area contributed by atoms with E-state index in [0.717, 1.165) is 32.1 Å². The highest BCUT2D eigenvalue weighted by molar-refractivity contribution is 7.90. The van der Waals surface area contributed by atoms with Crippen LogP contribution in [0, 0.1) is 29.8 Å². The summed E-state index contributed by atoms with van der Waals surface area (Å²) >= 11 is 6.43. The SMILES string of the molecule is COC#CC(OC(=O)c1ccccc1)[C@H]1[C@@H](C)C/C=C/[C@H](O)[C@@H]2CC[C@H]2CN2C[C@@]3(CCCc4cc(Cl)ccc43)COc3ccc(cc32)C(=O)NS1(=O)=O. The molecule has 2 aliphatic carbocycles. The third kappa shape index (κ3) is 7.70. The van der Waals surface area contributed by atoms with Gasteiger partial charge in [0.25, 0.3) is 5.91 Å². The van der Waals surface area contributed by atoms with Crippen molar-refractivity contribution >= 4 is 39.2 Å². The van der Waals surface area contributed by atoms with Crippen molar-refractivity contribution in [3.05, 3.63) is 106 Å². The molecule has 2 bridgehead atoms. The number of esters is 1. The van der Waals surface area contributed by atoms with E-state index in [9.17, 15) is 23.1 Å². The monoisotopic (exact) mass is 772 g/mol. The summed E-state index contributed by atoms with van der Waals surface area (Å²) in [5, 5.41) is 10.7. The van der Waals surface area contributed by atoms with Crippen LogP contribution in [0.3, 0.4) is 0 Å². The number of methoxy groups -OCH3 is 1. The van der Waals surface area contributed by atoms with E-state index in [4.69, 9.17) is 25.8 Å². The zero-order valence-electron chi connectivity index (χ0n) is 30.4. The number of benzene rings is 3. The largest absolute Gasteiger partial charge is 0.490 e. The molecule has 3 aromatic rings. The van der Waals surface area contributed by atoms with Crippen LogP contribution in [0.25, 0.3) is 0 Å². The van der Waals surface area contributed by atoms with Crippen LogP contribution in [0.2, 0.25) is 5.02 Å². The van der Waals surface area contributed by atoms with E-state index in [0.29, 0.717) is 36.2 Å². The predicted octanol–water partition coefficient (Wildman–Crippen LogP) is 6.06. The number of fused-ring (bicyclic) bond motifs is 4. The van der Waals surface area contributed by atoms with E-state index in [1.807, 2.05) is 12.1 Å². The number of aliphatic hydroxyl groups excluding tert-OH is 1. The fraction of sp³-hybridized carbons (Fsp3) is 0.429. The van der Waals surface area contributed by atoms with Gasteiger partial charge >= 0.3 is 5.97 Å². The number of nitrogens with one attached hydrogen (secondary N) is 1. The topological polar surface area (TPSA) is 131 Å². The van der Waals surface area contributed by atoms with Gasteiger partial charge in [0, 0.05) is 29.1 Å². The number of carbonyl (C=O) groups excluding carboxylic acids is 2. The number of anilines is 1. The van der Waals surface area contributed by atoms with Gasteiger partial charge in [-0.1, -0.05) is 54.9 Å². The van der Waals surface area contributed by atoms with Crippen LogP contribution in [0.15, 0.2) is 78.9 Å². The molecule has 284 valence electrons. The molecule has 7 atom stereocenters. The van der Waals surface area contributed by atoms with E-state index in [-0.39, 0.29) is 34.8 Å². The summed E-state index contributed by atoms with van der Waals surface area (Å²) in [4.78, 5) is 29.5. The molecule has 12 heteroatoms. The molecule has 1 fully saturated rings. The lowest BCUT2D eigenvalue weighted by Gasteiger charge is -2.45. The van der Waals surface area contributed by atoms with Crippen molar-refractivity contribution in [3.8, 4) is 17.8 Å². The molecule has 3 aromatic carbocycles. The Morgan fingerprint density at radius 1 is 1.13 bits per heavy atom. The smallest absolute Gasteiger partial charge is 0.339 e. The van der Waals surface area contributed by atoms with Crippen LogP contribution in [0.4, 0.5) is 5.69 Å². The molecule has 2 aliphatic heterocycles. The maximum absolute atomic E-state index is 14.3. The first kappa shape index (κ1) is 37.8. The van der Waals surface area contributed by atoms with Crippen molar-refractivity contribution in [1.82, 2.24) is 4.72 Å². The number of nitrogens with zero attached hydrogens (tertiary/aromatic N) is 1. The van der Waals surface area contributed by atoms with Crippen LogP contribution >= 0.6 is 11.6 Å². The van der Waals surface area contributed by atoms with Gasteiger partial charge in [0.15, 0.2) is 6.10 Å². The molecule has 1 unspecified atom stereocenters. The number of amides is 1. The lowest BCUT2D eigenvalue weighted by molar-refractivity contribution is 0.0379. The van der Waals surface area contributed by atoms with E-state index >= 15 is 0 Å². The average Bonchev–Trinajstić information content (AvgIpc) is 3.28. The van der Waals surface area contributed by atoms with Crippen molar-refractivity contribution in [2.24, 2.45) is 17.8 Å². The number of sulfonamides is 1. The molecule has 0 radical (unpaired) electrons. The zero-order valence-corrected chi connectivity index (χ0v) is 31.9. The minimum Gasteiger partial charge on any atom is -0.490 e. The molecular weight excluding hydrogens is 728 g/mol. The number of allylic oxidation sites excluding steroid dienone is 1. The third-order valence-electron chi connectivity index (χ3n) is 11.5. The Hall–Kier alpha value is -4.50. The summed E-state index contributed by atoms with van der Waals surface area (Å²) in [7, 11) is -3.25. The predicted molar refractivity (Wildman–Crippen MR) is 206 cm³/mol. The van der Waals surface area contributed by atoms with E-state index < -0.39 is 45.3 Å². The molecule has 4 aliphatic rings. The molecular formula is C42H45ClN2O8S. The number of ether oxygens (including phenoxy) is 3. The molecule has 2 heterocycles. The summed E-state index contributed by atoms with van der Waals surface area (Å²) in [5.41, 5.74) is 3.08. The first-order chi connectivity index (χ1) is 26.0. The minimum absolute atomic E-state index is 0.0105. The second-order valence-electron chi connectivity index (χ2n) is 15.0. The third-order valence-corrected chi connectivity index (χ3v) is 13.6. The van der Waals surface area contributed by atoms with Gasteiger partial charge in [-0.25, -0.2) is 17.9 Å². The number of halogens is 1. The highest BCUT2D eigenvalue weighted by Crippen LogP contribution is 2.47. The van der Waals surface area contributed by atoms with Gasteiger partial charge in [-0.05, 0) is 116 Å². The van der Waals surface area contributed by atoms with Gasteiger partial charge < -0.3 is 24.2 Å². The molecule has 1 saturated carbocycles. The maximum atomic E-state index is 14.3. The molecule has 0 saturated heterocycles. The Bertz CT molecular complexity index is 2100. The standard InChI is InChI=1S/C42H45ClN2O8S/c1-27-8-6-12-36(46)33-16-13-31(33)24-45-25-42(20-7-11-29-22-32(43)15-17-34(29)42)26-52-37-18-14-30(23-35(37)45)40(47)44-54(49,50)39(27)38(19-21-51-2)53-41(48)28-9-4-3-5-10-28/h3-6,9-10,12,14-15,17-18,22-23,27,31,33,36,38-39,46H,7-8,11,13,16,20,24-26H2,1-2H3,(H,44,47)/b12-6+/t27-,31-,33+,36-,38?,39+,42-/m0/s1. The van der Waals surface area contributed by atoms with Crippen LogP contribution in [-0.2, 0) is 31.3 Å². The van der Waals surface area contributed by atoms with Gasteiger partial charge in [0.05, 0.1) is 31.1 Å². The van der Waals surface area contributed by atoms with E-state index in [2.05, 4.69) is 27.7 Å². The van der Waals surface area contributed by atoms with Crippen molar-refractivity contribution in [3.63, 3.8) is 0 Å². The Kier molecular flexibility index (Phi) is 11.0. The lowest BCUT2D eigenvalue weighted by atomic mass is 9.68. The highest BCUT2D eigenvalue weighted by Gasteiger charge is 2.45. The van der Waals surface area contributed by atoms with Gasteiger partial charge in [-0.3, -0.25) is 4.79 Å². The second-order valence-corrected chi connectivity index (χ2v) is 17.3. The summed E-state index contributed by atoms with van der Waals surface area (Å²) in [6.07, 6.45) is 8.40. The quantitative estimate of drug-likeness (QED) is 0.186. The van der Waals surface area contributed by atoms with E-state index in [1.54, 1.807) is 67.6 Å². The van der Waals surface area contributed by atoms with Gasteiger partial charge in [0.1, 0.15) is 17.1 Å². The number of aliphatic hydroxyl groups is 1. The summed E-state index contributed by atoms with van der Waals surface area (Å²) < 4.78 is 48.3. The first-order valence-electron chi connectivity index (χ1n) is 18.5. The van der Waals surface area contributed by atoms with Crippen molar-refractivity contribution in [2.75, 3.05) is 31.7 Å². The Labute approximate surface area is 321 Å². The molecule has 1 amide bonds. The van der Waals surface area contributed by atoms with Gasteiger partial charge in [-0.15, -0.1) is 0 Å². The molecule has 1 spiro atoms. The number of aryl methyl sites for hydroxylation is 1.